The Bertz CT molecular complexity index is 1170. The summed E-state index contributed by atoms with van der Waals surface area (Å²) in [6, 6.07) is 6.86. The van der Waals surface area contributed by atoms with Crippen molar-refractivity contribution in [3.05, 3.63) is 60.2 Å². The quantitative estimate of drug-likeness (QED) is 0.534. The van der Waals surface area contributed by atoms with E-state index in [2.05, 4.69) is 15.0 Å². The van der Waals surface area contributed by atoms with Gasteiger partial charge in [0.05, 0.1) is 34.8 Å². The van der Waals surface area contributed by atoms with Gasteiger partial charge >= 0.3 is 6.18 Å². The van der Waals surface area contributed by atoms with Crippen LogP contribution in [-0.2, 0) is 6.18 Å². The van der Waals surface area contributed by atoms with E-state index in [1.54, 1.807) is 19.1 Å². The number of furan rings is 1. The zero-order valence-electron chi connectivity index (χ0n) is 14.5. The van der Waals surface area contributed by atoms with Crippen LogP contribution < -0.4 is 10.5 Å². The van der Waals surface area contributed by atoms with Crippen LogP contribution in [0, 0.1) is 6.92 Å². The van der Waals surface area contributed by atoms with Crippen LogP contribution in [-0.4, -0.2) is 15.0 Å². The van der Waals surface area contributed by atoms with Crippen LogP contribution in [0.1, 0.15) is 11.3 Å². The standard InChI is InChI=1S/C19H13F3N4O2/c1-10-17(26-16(23)9-25-10)12-3-2-11(8-14(12)19(20,21)22)28-18-13-5-7-27-15(13)4-6-24-18/h2-9H,1H3,(H2,23,26). The molecule has 0 spiro atoms. The maximum absolute atomic E-state index is 13.7. The molecule has 0 bridgehead atoms. The number of pyridine rings is 1. The smallest absolute Gasteiger partial charge is 0.417 e. The summed E-state index contributed by atoms with van der Waals surface area (Å²) in [6.45, 7) is 1.57. The monoisotopic (exact) mass is 386 g/mol. The molecule has 9 heteroatoms. The fraction of sp³-hybridized carbons (Fsp3) is 0.105. The molecule has 0 saturated heterocycles. The summed E-state index contributed by atoms with van der Waals surface area (Å²) in [7, 11) is 0. The molecule has 28 heavy (non-hydrogen) atoms. The first-order chi connectivity index (χ1) is 13.3. The Morgan fingerprint density at radius 1 is 1.11 bits per heavy atom. The van der Waals surface area contributed by atoms with E-state index in [1.807, 2.05) is 0 Å². The first-order valence-corrected chi connectivity index (χ1v) is 8.14. The number of benzene rings is 1. The van der Waals surface area contributed by atoms with E-state index in [9.17, 15) is 13.2 Å². The van der Waals surface area contributed by atoms with Gasteiger partial charge in [-0.25, -0.2) is 9.97 Å². The number of anilines is 1. The van der Waals surface area contributed by atoms with E-state index >= 15 is 0 Å². The SMILES string of the molecule is Cc1ncc(N)nc1-c1ccc(Oc2nccc3occc23)cc1C(F)(F)F. The van der Waals surface area contributed by atoms with Gasteiger partial charge in [0.15, 0.2) is 0 Å². The number of fused-ring (bicyclic) bond motifs is 1. The molecule has 0 fully saturated rings. The van der Waals surface area contributed by atoms with Gasteiger partial charge < -0.3 is 14.9 Å². The number of rotatable bonds is 3. The highest BCUT2D eigenvalue weighted by Crippen LogP contribution is 2.40. The van der Waals surface area contributed by atoms with Gasteiger partial charge in [0.1, 0.15) is 17.2 Å². The van der Waals surface area contributed by atoms with Gasteiger partial charge in [-0.3, -0.25) is 4.98 Å². The summed E-state index contributed by atoms with van der Waals surface area (Å²) >= 11 is 0. The van der Waals surface area contributed by atoms with Crippen molar-refractivity contribution < 1.29 is 22.3 Å². The largest absolute Gasteiger partial charge is 0.464 e. The second kappa shape index (κ2) is 6.52. The molecule has 0 aliphatic rings. The van der Waals surface area contributed by atoms with E-state index < -0.39 is 11.7 Å². The Labute approximate surface area is 156 Å². The minimum Gasteiger partial charge on any atom is -0.464 e. The molecular formula is C19H13F3N4O2. The number of hydrogen-bond acceptors (Lipinski definition) is 6. The molecular weight excluding hydrogens is 373 g/mol. The molecule has 0 saturated carbocycles. The third-order valence-corrected chi connectivity index (χ3v) is 4.08. The van der Waals surface area contributed by atoms with Crippen LogP contribution in [0.3, 0.4) is 0 Å². The molecule has 2 N–H and O–H groups in total. The van der Waals surface area contributed by atoms with Crippen molar-refractivity contribution in [3.8, 4) is 22.9 Å². The lowest BCUT2D eigenvalue weighted by atomic mass is 10.0. The number of aromatic nitrogens is 3. The van der Waals surface area contributed by atoms with Gasteiger partial charge in [0.2, 0.25) is 5.88 Å². The maximum atomic E-state index is 13.7. The van der Waals surface area contributed by atoms with Crippen molar-refractivity contribution in [1.29, 1.82) is 0 Å². The molecule has 0 aliphatic heterocycles. The summed E-state index contributed by atoms with van der Waals surface area (Å²) < 4.78 is 52.0. The molecule has 1 aromatic carbocycles. The van der Waals surface area contributed by atoms with Crippen LogP contribution in [0.4, 0.5) is 19.0 Å². The number of nitrogen functional groups attached to an aromatic ring is 1. The van der Waals surface area contributed by atoms with Crippen molar-refractivity contribution in [2.45, 2.75) is 13.1 Å². The van der Waals surface area contributed by atoms with Crippen LogP contribution in [0.2, 0.25) is 0 Å². The highest BCUT2D eigenvalue weighted by Gasteiger charge is 2.35. The van der Waals surface area contributed by atoms with Crippen LogP contribution in [0.15, 0.2) is 53.4 Å². The summed E-state index contributed by atoms with van der Waals surface area (Å²) in [4.78, 5) is 12.1. The summed E-state index contributed by atoms with van der Waals surface area (Å²) in [6.07, 6.45) is -0.445. The molecule has 3 aromatic heterocycles. The third-order valence-electron chi connectivity index (χ3n) is 4.08. The first-order valence-electron chi connectivity index (χ1n) is 8.14. The lowest BCUT2D eigenvalue weighted by Gasteiger charge is -2.15. The van der Waals surface area contributed by atoms with Gasteiger partial charge in [0.25, 0.3) is 0 Å². The fourth-order valence-corrected chi connectivity index (χ4v) is 2.81. The Balaban J connectivity index is 1.81. The highest BCUT2D eigenvalue weighted by molar-refractivity contribution is 5.82. The van der Waals surface area contributed by atoms with E-state index in [4.69, 9.17) is 14.9 Å². The Morgan fingerprint density at radius 3 is 2.71 bits per heavy atom. The number of nitrogens with zero attached hydrogens (tertiary/aromatic N) is 3. The molecule has 0 radical (unpaired) electrons. The lowest BCUT2D eigenvalue weighted by molar-refractivity contribution is -0.137. The number of halogens is 3. The Kier molecular flexibility index (Phi) is 4.14. The van der Waals surface area contributed by atoms with Gasteiger partial charge in [0, 0.05) is 11.8 Å². The topological polar surface area (TPSA) is 87.1 Å². The zero-order chi connectivity index (χ0) is 19.9. The molecule has 4 rings (SSSR count). The number of aryl methyl sites for hydroxylation is 1. The molecule has 0 aliphatic carbocycles. The average molecular weight is 386 g/mol. The number of nitrogens with two attached hydrogens (primary N) is 1. The Hall–Kier alpha value is -3.62. The molecule has 6 nitrogen and oxygen atoms in total. The Morgan fingerprint density at radius 2 is 1.93 bits per heavy atom. The molecule has 0 atom stereocenters. The number of ether oxygens (including phenoxy) is 1. The van der Waals surface area contributed by atoms with E-state index in [-0.39, 0.29) is 28.7 Å². The number of alkyl halides is 3. The third kappa shape index (κ3) is 3.22. The predicted octanol–water partition coefficient (Wildman–Crippen LogP) is 4.99. The van der Waals surface area contributed by atoms with Crippen molar-refractivity contribution in [1.82, 2.24) is 15.0 Å². The van der Waals surface area contributed by atoms with Gasteiger partial charge in [-0.2, -0.15) is 13.2 Å². The lowest BCUT2D eigenvalue weighted by Crippen LogP contribution is -2.09. The molecule has 0 amide bonds. The molecule has 3 heterocycles. The average Bonchev–Trinajstić information content (AvgIpc) is 3.13. The van der Waals surface area contributed by atoms with Crippen molar-refractivity contribution in [2.75, 3.05) is 5.73 Å². The molecule has 4 aromatic rings. The summed E-state index contributed by atoms with van der Waals surface area (Å²) in [5.41, 5.74) is 5.47. The second-order valence-electron chi connectivity index (χ2n) is 5.98. The van der Waals surface area contributed by atoms with E-state index in [0.29, 0.717) is 16.7 Å². The summed E-state index contributed by atoms with van der Waals surface area (Å²) in [5, 5.41) is 0.553. The fourth-order valence-electron chi connectivity index (χ4n) is 2.81. The zero-order valence-corrected chi connectivity index (χ0v) is 14.5. The van der Waals surface area contributed by atoms with Gasteiger partial charge in [-0.05, 0) is 37.3 Å². The van der Waals surface area contributed by atoms with Crippen molar-refractivity contribution >= 4 is 16.8 Å². The van der Waals surface area contributed by atoms with Gasteiger partial charge in [-0.15, -0.1) is 0 Å². The first kappa shape index (κ1) is 17.8. The van der Waals surface area contributed by atoms with Crippen molar-refractivity contribution in [3.63, 3.8) is 0 Å². The summed E-state index contributed by atoms with van der Waals surface area (Å²) in [5.74, 6) is 0.156. The van der Waals surface area contributed by atoms with E-state index in [1.165, 1.54) is 30.8 Å². The second-order valence-corrected chi connectivity index (χ2v) is 5.98. The number of hydrogen-bond donors (Lipinski definition) is 1. The van der Waals surface area contributed by atoms with Gasteiger partial charge in [-0.1, -0.05) is 0 Å². The predicted molar refractivity (Wildman–Crippen MR) is 95.7 cm³/mol. The highest BCUT2D eigenvalue weighted by atomic mass is 19.4. The van der Waals surface area contributed by atoms with E-state index in [0.717, 1.165) is 6.07 Å². The maximum Gasteiger partial charge on any atom is 0.417 e. The van der Waals surface area contributed by atoms with Crippen LogP contribution >= 0.6 is 0 Å². The van der Waals surface area contributed by atoms with Crippen LogP contribution in [0.5, 0.6) is 11.6 Å². The van der Waals surface area contributed by atoms with Crippen molar-refractivity contribution in [2.24, 2.45) is 0 Å². The minimum atomic E-state index is -4.64. The molecule has 142 valence electrons. The minimum absolute atomic E-state index is 0.0215. The molecule has 0 unspecified atom stereocenters. The normalized spacial score (nSPS) is 11.7. The van der Waals surface area contributed by atoms with Crippen LogP contribution in [0.25, 0.3) is 22.2 Å².